The number of rotatable bonds is 3. The summed E-state index contributed by atoms with van der Waals surface area (Å²) in [7, 11) is 2.50. The van der Waals surface area contributed by atoms with Crippen LogP contribution >= 0.6 is 11.6 Å². The molecule has 0 bridgehead atoms. The van der Waals surface area contributed by atoms with E-state index in [-0.39, 0.29) is 22.4 Å². The lowest BCUT2D eigenvalue weighted by molar-refractivity contribution is -0.138. The molecule has 0 saturated heterocycles. The van der Waals surface area contributed by atoms with E-state index < -0.39 is 46.0 Å². The Kier molecular flexibility index (Phi) is 9.10. The number of hydrogen-bond donors (Lipinski definition) is 0. The molecule has 8 nitrogen and oxygen atoms in total. The molecule has 0 N–H and O–H groups in total. The van der Waals surface area contributed by atoms with Crippen molar-refractivity contribution in [3.63, 3.8) is 0 Å². The highest BCUT2D eigenvalue weighted by atomic mass is 35.5. The Balaban J connectivity index is 0.000000231. The first kappa shape index (κ1) is 32.2. The number of hydrogen-bond acceptors (Lipinski definition) is 4. The Morgan fingerprint density at radius 2 is 1.05 bits per heavy atom. The third-order valence-corrected chi connectivity index (χ3v) is 6.34. The van der Waals surface area contributed by atoms with Crippen molar-refractivity contribution in [2.24, 2.45) is 14.1 Å². The monoisotopic (exact) mass is 616 g/mol. The van der Waals surface area contributed by atoms with Crippen LogP contribution in [0.25, 0.3) is 11.4 Å². The third kappa shape index (κ3) is 6.75. The lowest BCUT2D eigenvalue weighted by Gasteiger charge is -2.17. The average molecular weight is 617 g/mol. The molecule has 2 aromatic carbocycles. The highest BCUT2D eigenvalue weighted by Gasteiger charge is 2.31. The summed E-state index contributed by atoms with van der Waals surface area (Å²) in [5.41, 5.74) is -3.98. The summed E-state index contributed by atoms with van der Waals surface area (Å²) in [5.74, 6) is -0.198. The van der Waals surface area contributed by atoms with Gasteiger partial charge in [0.05, 0.1) is 22.5 Å². The van der Waals surface area contributed by atoms with Gasteiger partial charge in [0, 0.05) is 31.9 Å². The summed E-state index contributed by atoms with van der Waals surface area (Å²) in [5, 5.41) is -0.252. The van der Waals surface area contributed by atoms with Gasteiger partial charge in [-0.1, -0.05) is 37.6 Å². The molecule has 0 radical (unpaired) electrons. The first-order valence-electron chi connectivity index (χ1n) is 12.0. The van der Waals surface area contributed by atoms with Gasteiger partial charge in [-0.15, -0.1) is 0 Å². The van der Waals surface area contributed by atoms with Crippen molar-refractivity contribution < 1.29 is 26.3 Å². The molecule has 0 saturated carbocycles. The molecular formula is C27H23ClF6N4O4. The van der Waals surface area contributed by atoms with E-state index in [1.165, 1.54) is 38.4 Å². The first-order valence-corrected chi connectivity index (χ1v) is 12.4. The van der Waals surface area contributed by atoms with Crippen LogP contribution in [0.1, 0.15) is 36.6 Å². The molecule has 0 amide bonds. The lowest BCUT2D eigenvalue weighted by Crippen LogP contribution is -2.38. The largest absolute Gasteiger partial charge is 0.416 e. The molecule has 0 spiro atoms. The quantitative estimate of drug-likeness (QED) is 0.242. The van der Waals surface area contributed by atoms with E-state index in [0.717, 1.165) is 54.7 Å². The zero-order valence-electron chi connectivity index (χ0n) is 22.4. The minimum absolute atomic E-state index is 0.0644. The van der Waals surface area contributed by atoms with Crippen LogP contribution in [0.4, 0.5) is 26.3 Å². The zero-order valence-corrected chi connectivity index (χ0v) is 23.2. The van der Waals surface area contributed by atoms with Crippen molar-refractivity contribution >= 4 is 11.6 Å². The second-order valence-corrected chi connectivity index (χ2v) is 9.70. The fourth-order valence-electron chi connectivity index (χ4n) is 3.80. The summed E-state index contributed by atoms with van der Waals surface area (Å²) in [6.45, 7) is 3.52. The molecule has 0 atom stereocenters. The minimum atomic E-state index is -4.53. The standard InChI is InChI=1S/C15H15F3N2O2.C12H8ClF3N2O2/c1-9(2)12-8-13(21)19(3)14(22)20(12)11-6-4-5-10(7-11)15(16,17)18;1-17-10(19)6-9(13)18(11(17)20)8-4-2-3-7(5-8)12(14,15)16/h4-9H,1-3H3;2-6H,1H3. The molecule has 0 aliphatic carbocycles. The van der Waals surface area contributed by atoms with E-state index in [4.69, 9.17) is 11.6 Å². The van der Waals surface area contributed by atoms with E-state index in [1.807, 2.05) is 0 Å². The molecule has 2 aromatic heterocycles. The van der Waals surface area contributed by atoms with Crippen molar-refractivity contribution in [1.82, 2.24) is 18.3 Å². The highest BCUT2D eigenvalue weighted by molar-refractivity contribution is 6.29. The second-order valence-electron chi connectivity index (χ2n) is 9.32. The second kappa shape index (κ2) is 11.9. The summed E-state index contributed by atoms with van der Waals surface area (Å²) in [6, 6.07) is 10.8. The third-order valence-electron chi connectivity index (χ3n) is 6.06. The van der Waals surface area contributed by atoms with Crippen molar-refractivity contribution in [2.45, 2.75) is 32.1 Å². The van der Waals surface area contributed by atoms with Gasteiger partial charge in [-0.05, 0) is 42.3 Å². The highest BCUT2D eigenvalue weighted by Crippen LogP contribution is 2.31. The Bertz CT molecular complexity index is 1870. The molecule has 0 aliphatic heterocycles. The zero-order chi connectivity index (χ0) is 31.7. The summed E-state index contributed by atoms with van der Waals surface area (Å²) in [4.78, 5) is 47.4. The van der Waals surface area contributed by atoms with Gasteiger partial charge >= 0.3 is 23.7 Å². The van der Waals surface area contributed by atoms with Crippen molar-refractivity contribution in [2.75, 3.05) is 0 Å². The van der Waals surface area contributed by atoms with Gasteiger partial charge in [0.25, 0.3) is 11.1 Å². The summed E-state index contributed by atoms with van der Waals surface area (Å²) >= 11 is 5.78. The number of benzene rings is 2. The van der Waals surface area contributed by atoms with Gasteiger partial charge in [-0.25, -0.2) is 9.59 Å². The molecule has 224 valence electrons. The smallest absolute Gasteiger partial charge is 0.269 e. The van der Waals surface area contributed by atoms with E-state index >= 15 is 0 Å². The van der Waals surface area contributed by atoms with E-state index in [9.17, 15) is 45.5 Å². The maximum Gasteiger partial charge on any atom is 0.416 e. The van der Waals surface area contributed by atoms with Crippen LogP contribution in [0.15, 0.2) is 79.8 Å². The maximum atomic E-state index is 12.8. The predicted octanol–water partition coefficient (Wildman–Crippen LogP) is 4.89. The number of nitrogens with zero attached hydrogens (tertiary/aromatic N) is 4. The van der Waals surface area contributed by atoms with Crippen LogP contribution in [0.5, 0.6) is 0 Å². The normalized spacial score (nSPS) is 11.8. The number of aromatic nitrogens is 4. The molecule has 4 rings (SSSR count). The minimum Gasteiger partial charge on any atom is -0.269 e. The fourth-order valence-corrected chi connectivity index (χ4v) is 4.07. The predicted molar refractivity (Wildman–Crippen MR) is 144 cm³/mol. The van der Waals surface area contributed by atoms with Crippen molar-refractivity contribution in [3.05, 3.63) is 124 Å². The molecule has 0 fully saturated rings. The van der Waals surface area contributed by atoms with Crippen LogP contribution in [-0.4, -0.2) is 18.3 Å². The molecule has 0 unspecified atom stereocenters. The van der Waals surface area contributed by atoms with E-state index in [0.29, 0.717) is 5.69 Å². The van der Waals surface area contributed by atoms with Crippen LogP contribution < -0.4 is 22.5 Å². The Labute approximate surface area is 238 Å². The van der Waals surface area contributed by atoms with E-state index in [1.54, 1.807) is 13.8 Å². The molecular weight excluding hydrogens is 594 g/mol. The van der Waals surface area contributed by atoms with Gasteiger partial charge in [-0.2, -0.15) is 26.3 Å². The van der Waals surface area contributed by atoms with Crippen LogP contribution in [0.2, 0.25) is 5.15 Å². The fraction of sp³-hybridized carbons (Fsp3) is 0.259. The number of halogens is 7. The van der Waals surface area contributed by atoms with Gasteiger partial charge in [0.15, 0.2) is 0 Å². The average Bonchev–Trinajstić information content (AvgIpc) is 2.90. The molecule has 4 aromatic rings. The Morgan fingerprint density at radius 1 is 0.643 bits per heavy atom. The molecule has 15 heteroatoms. The SMILES string of the molecule is CC(C)c1cc(=O)n(C)c(=O)n1-c1cccc(C(F)(F)F)c1.Cn1c(=O)cc(Cl)n(-c2cccc(C(F)(F)F)c2)c1=O. The van der Waals surface area contributed by atoms with Gasteiger partial charge < -0.3 is 0 Å². The summed E-state index contributed by atoms with van der Waals surface area (Å²) < 4.78 is 80.1. The van der Waals surface area contributed by atoms with Crippen LogP contribution in [0.3, 0.4) is 0 Å². The Hall–Kier alpha value is -4.33. The lowest BCUT2D eigenvalue weighted by atomic mass is 10.1. The topological polar surface area (TPSA) is 88.0 Å². The molecule has 2 heterocycles. The first-order chi connectivity index (χ1) is 19.3. The van der Waals surface area contributed by atoms with Gasteiger partial charge in [0.1, 0.15) is 5.15 Å². The Morgan fingerprint density at radius 3 is 1.48 bits per heavy atom. The van der Waals surface area contributed by atoms with Crippen LogP contribution in [-0.2, 0) is 26.4 Å². The number of alkyl halides is 6. The van der Waals surface area contributed by atoms with Crippen molar-refractivity contribution in [1.29, 1.82) is 0 Å². The van der Waals surface area contributed by atoms with Gasteiger partial charge in [-0.3, -0.25) is 27.9 Å². The molecule has 42 heavy (non-hydrogen) atoms. The summed E-state index contributed by atoms with van der Waals surface area (Å²) in [6.07, 6.45) is -9.04. The van der Waals surface area contributed by atoms with Crippen molar-refractivity contribution in [3.8, 4) is 11.4 Å². The molecule has 0 aliphatic rings. The van der Waals surface area contributed by atoms with E-state index in [2.05, 4.69) is 0 Å². The van der Waals surface area contributed by atoms with Gasteiger partial charge in [0.2, 0.25) is 0 Å². The maximum absolute atomic E-state index is 12.8. The van der Waals surface area contributed by atoms with Crippen LogP contribution in [0, 0.1) is 0 Å².